The summed E-state index contributed by atoms with van der Waals surface area (Å²) in [6.07, 6.45) is 0. The number of thiophene rings is 1. The summed E-state index contributed by atoms with van der Waals surface area (Å²) < 4.78 is 11.9. The molecule has 4 aromatic heterocycles. The van der Waals surface area contributed by atoms with Gasteiger partial charge in [-0.05, 0) is 41.7 Å². The predicted molar refractivity (Wildman–Crippen MR) is 140 cm³/mol. The summed E-state index contributed by atoms with van der Waals surface area (Å²) in [7, 11) is 1.53. The van der Waals surface area contributed by atoms with E-state index in [0.29, 0.717) is 22.0 Å². The molecule has 0 aliphatic rings. The molecule has 38 heavy (non-hydrogen) atoms. The van der Waals surface area contributed by atoms with Gasteiger partial charge in [-0.15, -0.1) is 11.3 Å². The fourth-order valence-corrected chi connectivity index (χ4v) is 5.19. The maximum absolute atomic E-state index is 13.2. The number of carbonyl (C=O) groups excluding carboxylic acids is 1. The van der Waals surface area contributed by atoms with Crippen molar-refractivity contribution in [2.75, 3.05) is 16.8 Å². The summed E-state index contributed by atoms with van der Waals surface area (Å²) in [5.41, 5.74) is 14.5. The van der Waals surface area contributed by atoms with Crippen LogP contribution < -0.4 is 27.1 Å². The number of nitrogens with one attached hydrogen (secondary N) is 2. The molecule has 0 aliphatic carbocycles. The molecular formula is C25H17N8O4S+. The Labute approximate surface area is 216 Å². The highest BCUT2D eigenvalue weighted by Crippen LogP contribution is 2.41. The first-order chi connectivity index (χ1) is 18.4. The van der Waals surface area contributed by atoms with Gasteiger partial charge < -0.3 is 21.2 Å². The van der Waals surface area contributed by atoms with Crippen molar-refractivity contribution >= 4 is 55.8 Å². The molecule has 0 unspecified atom stereocenters. The summed E-state index contributed by atoms with van der Waals surface area (Å²) >= 11 is 0.995. The van der Waals surface area contributed by atoms with E-state index < -0.39 is 11.5 Å². The highest BCUT2D eigenvalue weighted by molar-refractivity contribution is 7.21. The van der Waals surface area contributed by atoms with Crippen LogP contribution in [0.25, 0.3) is 44.0 Å². The van der Waals surface area contributed by atoms with Gasteiger partial charge in [-0.1, -0.05) is 16.8 Å². The molecule has 0 fully saturated rings. The average molecular weight is 526 g/mol. The Bertz CT molecular complexity index is 1960. The van der Waals surface area contributed by atoms with E-state index in [9.17, 15) is 14.9 Å². The SMILES string of the molecule is C[n+]1[nH]oc(=O)c1-c1c(C#N)c(N)nc2sc(C(=O)Nc3ccc(-c4nc5ccccc5o4)cc3)c(N)c12. The van der Waals surface area contributed by atoms with E-state index in [1.807, 2.05) is 30.3 Å². The number of nitriles is 1. The molecule has 0 atom stereocenters. The first-order valence-electron chi connectivity index (χ1n) is 11.1. The Morgan fingerprint density at radius 3 is 2.61 bits per heavy atom. The lowest BCUT2D eigenvalue weighted by Gasteiger charge is -2.06. The van der Waals surface area contributed by atoms with Gasteiger partial charge in [-0.2, -0.15) is 5.26 Å². The number of para-hydroxylation sites is 2. The number of benzene rings is 2. The van der Waals surface area contributed by atoms with Crippen LogP contribution in [0, 0.1) is 11.3 Å². The average Bonchev–Trinajstić information content (AvgIpc) is 3.58. The van der Waals surface area contributed by atoms with E-state index in [2.05, 4.69) is 20.6 Å². The smallest absolute Gasteiger partial charge is 0.435 e. The number of carbonyl (C=O) groups is 1. The number of nitrogens with zero attached hydrogens (tertiary/aromatic N) is 4. The van der Waals surface area contributed by atoms with Crippen LogP contribution in [0.4, 0.5) is 17.2 Å². The van der Waals surface area contributed by atoms with Gasteiger partial charge in [0, 0.05) is 11.3 Å². The maximum Gasteiger partial charge on any atom is 0.435 e. The first-order valence-corrected chi connectivity index (χ1v) is 11.9. The minimum atomic E-state index is -0.730. The van der Waals surface area contributed by atoms with Crippen molar-refractivity contribution in [2.24, 2.45) is 7.05 Å². The zero-order valence-corrected chi connectivity index (χ0v) is 20.4. The van der Waals surface area contributed by atoms with Crippen LogP contribution in [0.1, 0.15) is 15.2 Å². The maximum atomic E-state index is 13.2. The van der Waals surface area contributed by atoms with Crippen LogP contribution in [0.3, 0.4) is 0 Å². The summed E-state index contributed by atoms with van der Waals surface area (Å²) in [4.78, 5) is 34.8. The monoisotopic (exact) mass is 525 g/mol. The number of H-pyrrole nitrogens is 1. The Kier molecular flexibility index (Phi) is 5.18. The third-order valence-electron chi connectivity index (χ3n) is 5.95. The van der Waals surface area contributed by atoms with E-state index >= 15 is 0 Å². The number of nitrogen functional groups attached to an aromatic ring is 2. The number of aryl methyl sites for hydroxylation is 1. The number of amides is 1. The summed E-state index contributed by atoms with van der Waals surface area (Å²) in [6.45, 7) is 0. The number of oxazole rings is 1. The molecule has 0 saturated heterocycles. The number of aromatic nitrogens is 4. The van der Waals surface area contributed by atoms with Crippen molar-refractivity contribution in [3.05, 3.63) is 69.4 Å². The molecule has 0 spiro atoms. The van der Waals surface area contributed by atoms with Gasteiger partial charge in [-0.25, -0.2) is 14.8 Å². The van der Waals surface area contributed by atoms with E-state index in [1.54, 1.807) is 24.3 Å². The Morgan fingerprint density at radius 1 is 1.16 bits per heavy atom. The predicted octanol–water partition coefficient (Wildman–Crippen LogP) is 3.17. The topological polar surface area (TPSA) is 194 Å². The molecule has 0 bridgehead atoms. The second-order valence-electron chi connectivity index (χ2n) is 8.29. The molecular weight excluding hydrogens is 508 g/mol. The van der Waals surface area contributed by atoms with Crippen LogP contribution in [0.5, 0.6) is 0 Å². The van der Waals surface area contributed by atoms with Gasteiger partial charge >= 0.3 is 11.3 Å². The molecule has 13 heteroatoms. The largest absolute Gasteiger partial charge is 0.436 e. The van der Waals surface area contributed by atoms with Crippen molar-refractivity contribution in [2.45, 2.75) is 0 Å². The summed E-state index contributed by atoms with van der Waals surface area (Å²) in [5.74, 6) is -0.128. The van der Waals surface area contributed by atoms with Gasteiger partial charge in [0.2, 0.25) is 5.89 Å². The Morgan fingerprint density at radius 2 is 1.92 bits per heavy atom. The van der Waals surface area contributed by atoms with Crippen molar-refractivity contribution < 1.29 is 18.4 Å². The van der Waals surface area contributed by atoms with Crippen LogP contribution in [0.2, 0.25) is 0 Å². The molecule has 6 aromatic rings. The molecule has 4 heterocycles. The zero-order valence-electron chi connectivity index (χ0n) is 19.6. The lowest BCUT2D eigenvalue weighted by molar-refractivity contribution is -0.730. The molecule has 186 valence electrons. The number of pyridine rings is 1. The van der Waals surface area contributed by atoms with E-state index in [0.717, 1.165) is 22.4 Å². The number of hydrogen-bond acceptors (Lipinski definition) is 10. The third kappa shape index (κ3) is 3.55. The van der Waals surface area contributed by atoms with Crippen molar-refractivity contribution in [3.8, 4) is 28.8 Å². The molecule has 0 radical (unpaired) electrons. The molecule has 6 N–H and O–H groups in total. The van der Waals surface area contributed by atoms with Crippen molar-refractivity contribution in [1.29, 1.82) is 5.26 Å². The van der Waals surface area contributed by atoms with Crippen LogP contribution in [-0.2, 0) is 7.05 Å². The van der Waals surface area contributed by atoms with Gasteiger partial charge in [0.1, 0.15) is 32.7 Å². The highest BCUT2D eigenvalue weighted by atomic mass is 32.1. The van der Waals surface area contributed by atoms with Crippen molar-refractivity contribution in [1.82, 2.24) is 15.2 Å². The number of aromatic amines is 1. The standard InChI is InChI=1S/C25H16N8O4S/c1-33-19(25(35)37-32-33)16-13(10-26)21(28)31-24-17(16)18(27)20(38-24)22(34)29-12-8-6-11(7-9-12)23-30-14-4-2-3-5-15(14)36-23/h2-9H,1H3,(H5-,27,28,29,30,31,32,34,35)/p+1. The summed E-state index contributed by atoms with van der Waals surface area (Å²) in [5, 5.41) is 15.2. The third-order valence-corrected chi connectivity index (χ3v) is 7.05. The Hall–Kier alpha value is -5.48. The van der Waals surface area contributed by atoms with Crippen molar-refractivity contribution in [3.63, 3.8) is 0 Å². The highest BCUT2D eigenvalue weighted by Gasteiger charge is 2.32. The quantitative estimate of drug-likeness (QED) is 0.250. The van der Waals surface area contributed by atoms with Crippen LogP contribution >= 0.6 is 11.3 Å². The molecule has 0 saturated carbocycles. The summed E-state index contributed by atoms with van der Waals surface area (Å²) in [6, 6.07) is 16.4. The number of nitrogens with two attached hydrogens (primary N) is 2. The van der Waals surface area contributed by atoms with E-state index in [4.69, 9.17) is 20.4 Å². The molecule has 6 rings (SSSR count). The van der Waals surface area contributed by atoms with Gasteiger partial charge in [0.25, 0.3) is 5.91 Å². The molecule has 2 aromatic carbocycles. The minimum absolute atomic E-state index is 0.0203. The van der Waals surface area contributed by atoms with Crippen LogP contribution in [0.15, 0.2) is 62.3 Å². The van der Waals surface area contributed by atoms with Crippen LogP contribution in [-0.4, -0.2) is 21.1 Å². The number of anilines is 3. The molecule has 1 amide bonds. The van der Waals surface area contributed by atoms with E-state index in [-0.39, 0.29) is 38.6 Å². The van der Waals surface area contributed by atoms with E-state index in [1.165, 1.54) is 11.7 Å². The normalized spacial score (nSPS) is 11.2. The number of rotatable bonds is 4. The number of fused-ring (bicyclic) bond motifs is 2. The fraction of sp³-hybridized carbons (Fsp3) is 0.0400. The Balaban J connectivity index is 1.36. The minimum Gasteiger partial charge on any atom is -0.436 e. The fourth-order valence-electron chi connectivity index (χ4n) is 4.18. The second-order valence-corrected chi connectivity index (χ2v) is 9.29. The van der Waals surface area contributed by atoms with Gasteiger partial charge in [0.05, 0.1) is 16.6 Å². The molecule has 0 aliphatic heterocycles. The lowest BCUT2D eigenvalue weighted by Crippen LogP contribution is -2.34. The zero-order chi connectivity index (χ0) is 26.6. The first kappa shape index (κ1) is 23.0. The lowest BCUT2D eigenvalue weighted by atomic mass is 10.0. The second kappa shape index (κ2) is 8.57. The van der Waals surface area contributed by atoms with Gasteiger partial charge in [0.15, 0.2) is 12.6 Å². The van der Waals surface area contributed by atoms with Gasteiger partial charge in [-0.3, -0.25) is 9.32 Å². The molecule has 12 nitrogen and oxygen atoms in total. The number of hydrogen-bond donors (Lipinski definition) is 4.